The van der Waals surface area contributed by atoms with E-state index in [1.165, 1.54) is 35.5 Å². The molecule has 0 aliphatic carbocycles. The molecule has 0 amide bonds. The summed E-state index contributed by atoms with van der Waals surface area (Å²) in [7, 11) is 0. The van der Waals surface area contributed by atoms with Gasteiger partial charge in [0.1, 0.15) is 0 Å². The van der Waals surface area contributed by atoms with Gasteiger partial charge in [-0.1, -0.05) is 29.8 Å². The Balaban J connectivity index is 1.77. The lowest BCUT2D eigenvalue weighted by Crippen LogP contribution is -2.46. The van der Waals surface area contributed by atoms with Crippen molar-refractivity contribution in [2.75, 3.05) is 18.1 Å². The molecule has 4 heteroatoms. The van der Waals surface area contributed by atoms with Crippen molar-refractivity contribution in [3.63, 3.8) is 0 Å². The van der Waals surface area contributed by atoms with E-state index in [1.807, 2.05) is 0 Å². The van der Waals surface area contributed by atoms with Crippen LogP contribution in [0.1, 0.15) is 42.9 Å². The molecular formula is C17H26N2OS. The molecule has 3 nitrogen and oxygen atoms in total. The minimum atomic E-state index is 0.118. The van der Waals surface area contributed by atoms with E-state index in [-0.39, 0.29) is 11.6 Å². The van der Waals surface area contributed by atoms with Gasteiger partial charge < -0.3 is 4.74 Å². The summed E-state index contributed by atoms with van der Waals surface area (Å²) < 4.78 is 6.21. The molecule has 2 saturated heterocycles. The van der Waals surface area contributed by atoms with Gasteiger partial charge in [0.25, 0.3) is 0 Å². The predicted molar refractivity (Wildman–Crippen MR) is 89.2 cm³/mol. The number of benzene rings is 1. The maximum atomic E-state index is 6.21. The largest absolute Gasteiger partial charge is 0.375 e. The lowest BCUT2D eigenvalue weighted by molar-refractivity contribution is -0.107. The molecule has 1 aromatic carbocycles. The van der Waals surface area contributed by atoms with Crippen molar-refractivity contribution in [1.29, 1.82) is 0 Å². The minimum Gasteiger partial charge on any atom is -0.375 e. The lowest BCUT2D eigenvalue weighted by Gasteiger charge is -2.45. The van der Waals surface area contributed by atoms with E-state index >= 15 is 0 Å². The molecule has 21 heavy (non-hydrogen) atoms. The Morgan fingerprint density at radius 2 is 2.19 bits per heavy atom. The maximum absolute atomic E-state index is 6.21. The van der Waals surface area contributed by atoms with Crippen LogP contribution in [0.2, 0.25) is 0 Å². The Kier molecular flexibility index (Phi) is 4.89. The summed E-state index contributed by atoms with van der Waals surface area (Å²) in [5.74, 6) is 8.94. The van der Waals surface area contributed by atoms with Crippen LogP contribution < -0.4 is 11.3 Å². The maximum Gasteiger partial charge on any atom is 0.0701 e. The second kappa shape index (κ2) is 6.69. The molecule has 2 atom stereocenters. The first kappa shape index (κ1) is 15.3. The first-order valence-corrected chi connectivity index (χ1v) is 9.12. The highest BCUT2D eigenvalue weighted by Gasteiger charge is 2.41. The summed E-state index contributed by atoms with van der Waals surface area (Å²) in [6.07, 6.45) is 4.62. The van der Waals surface area contributed by atoms with Gasteiger partial charge >= 0.3 is 0 Å². The quantitative estimate of drug-likeness (QED) is 0.665. The van der Waals surface area contributed by atoms with Crippen LogP contribution in [0.4, 0.5) is 0 Å². The third kappa shape index (κ3) is 3.45. The zero-order valence-corrected chi connectivity index (χ0v) is 13.6. The van der Waals surface area contributed by atoms with Crippen LogP contribution in [-0.2, 0) is 4.74 Å². The first-order valence-electron chi connectivity index (χ1n) is 7.97. The summed E-state index contributed by atoms with van der Waals surface area (Å²) in [5.41, 5.74) is 5.80. The second-order valence-corrected chi connectivity index (χ2v) is 7.68. The highest BCUT2D eigenvalue weighted by molar-refractivity contribution is 7.99. The Labute approximate surface area is 132 Å². The summed E-state index contributed by atoms with van der Waals surface area (Å²) in [6.45, 7) is 3.01. The molecule has 2 aliphatic heterocycles. The SMILES string of the molecule is Cc1cccc(C(NN)C2CCOC3(CCSCC3)C2)c1. The molecule has 1 spiro atoms. The smallest absolute Gasteiger partial charge is 0.0701 e. The number of thioether (sulfide) groups is 1. The summed E-state index contributed by atoms with van der Waals surface area (Å²) in [6, 6.07) is 8.95. The van der Waals surface area contributed by atoms with E-state index in [0.29, 0.717) is 5.92 Å². The minimum absolute atomic E-state index is 0.118. The van der Waals surface area contributed by atoms with Crippen molar-refractivity contribution in [3.05, 3.63) is 35.4 Å². The van der Waals surface area contributed by atoms with E-state index < -0.39 is 0 Å². The number of hydrogen-bond acceptors (Lipinski definition) is 4. The zero-order chi connectivity index (χ0) is 14.7. The highest BCUT2D eigenvalue weighted by Crippen LogP contribution is 2.43. The molecular weight excluding hydrogens is 280 g/mol. The number of rotatable bonds is 3. The Morgan fingerprint density at radius 1 is 1.38 bits per heavy atom. The number of hydrazine groups is 1. The molecule has 0 radical (unpaired) electrons. The van der Waals surface area contributed by atoms with Crippen molar-refractivity contribution < 1.29 is 4.74 Å². The summed E-state index contributed by atoms with van der Waals surface area (Å²) >= 11 is 2.06. The topological polar surface area (TPSA) is 47.3 Å². The zero-order valence-electron chi connectivity index (χ0n) is 12.8. The third-order valence-electron chi connectivity index (χ3n) is 4.99. The van der Waals surface area contributed by atoms with Crippen LogP contribution in [0.25, 0.3) is 0 Å². The fourth-order valence-corrected chi connectivity index (χ4v) is 5.05. The number of ether oxygens (including phenoxy) is 1. The predicted octanol–water partition coefficient (Wildman–Crippen LogP) is 3.19. The average molecular weight is 306 g/mol. The van der Waals surface area contributed by atoms with Crippen molar-refractivity contribution in [2.45, 2.75) is 44.2 Å². The van der Waals surface area contributed by atoms with Crippen LogP contribution in [0.15, 0.2) is 24.3 Å². The van der Waals surface area contributed by atoms with Crippen LogP contribution in [0.3, 0.4) is 0 Å². The Bertz CT molecular complexity index is 468. The van der Waals surface area contributed by atoms with E-state index in [2.05, 4.69) is 48.4 Å². The molecule has 2 unspecified atom stereocenters. The third-order valence-corrected chi connectivity index (χ3v) is 5.97. The molecule has 3 N–H and O–H groups in total. The fraction of sp³-hybridized carbons (Fsp3) is 0.647. The molecule has 116 valence electrons. The number of nitrogens with two attached hydrogens (primary N) is 1. The lowest BCUT2D eigenvalue weighted by atomic mass is 9.77. The van der Waals surface area contributed by atoms with E-state index in [9.17, 15) is 0 Å². The molecule has 2 heterocycles. The van der Waals surface area contributed by atoms with Gasteiger partial charge in [0.05, 0.1) is 5.60 Å². The fourth-order valence-electron chi connectivity index (χ4n) is 3.81. The number of nitrogens with one attached hydrogen (secondary N) is 1. The summed E-state index contributed by atoms with van der Waals surface area (Å²) in [5, 5.41) is 0. The van der Waals surface area contributed by atoms with Crippen molar-refractivity contribution >= 4 is 11.8 Å². The van der Waals surface area contributed by atoms with E-state index in [1.54, 1.807) is 0 Å². The molecule has 3 rings (SSSR count). The molecule has 2 fully saturated rings. The number of hydrogen-bond donors (Lipinski definition) is 2. The van der Waals surface area contributed by atoms with Gasteiger partial charge in [-0.15, -0.1) is 0 Å². The molecule has 0 aromatic heterocycles. The van der Waals surface area contributed by atoms with Gasteiger partial charge in [0.15, 0.2) is 0 Å². The van der Waals surface area contributed by atoms with Crippen molar-refractivity contribution in [2.24, 2.45) is 11.8 Å². The first-order chi connectivity index (χ1) is 10.2. The van der Waals surface area contributed by atoms with E-state index in [4.69, 9.17) is 10.6 Å². The second-order valence-electron chi connectivity index (χ2n) is 6.46. The molecule has 0 saturated carbocycles. The Hall–Kier alpha value is -0.550. The monoisotopic (exact) mass is 306 g/mol. The molecule has 2 aliphatic rings. The van der Waals surface area contributed by atoms with Gasteiger partial charge in [-0.05, 0) is 55.6 Å². The van der Waals surface area contributed by atoms with Crippen LogP contribution in [0.5, 0.6) is 0 Å². The summed E-state index contributed by atoms with van der Waals surface area (Å²) in [4.78, 5) is 0. The van der Waals surface area contributed by atoms with Gasteiger partial charge in [-0.3, -0.25) is 11.3 Å². The van der Waals surface area contributed by atoms with E-state index in [0.717, 1.165) is 19.4 Å². The van der Waals surface area contributed by atoms with Gasteiger partial charge in [0.2, 0.25) is 0 Å². The highest BCUT2D eigenvalue weighted by atomic mass is 32.2. The van der Waals surface area contributed by atoms with Crippen LogP contribution >= 0.6 is 11.8 Å². The number of aryl methyl sites for hydroxylation is 1. The average Bonchev–Trinajstić information content (AvgIpc) is 2.49. The Morgan fingerprint density at radius 3 is 2.90 bits per heavy atom. The standard InChI is InChI=1S/C17H26N2OS/c1-13-3-2-4-14(11-13)16(19-18)15-5-8-20-17(12-15)6-9-21-10-7-17/h2-4,11,15-16,19H,5-10,12,18H2,1H3. The van der Waals surface area contributed by atoms with Crippen LogP contribution in [-0.4, -0.2) is 23.7 Å². The normalized spacial score (nSPS) is 26.7. The molecule has 0 bridgehead atoms. The van der Waals surface area contributed by atoms with Gasteiger partial charge in [-0.25, -0.2) is 0 Å². The van der Waals surface area contributed by atoms with Gasteiger partial charge in [-0.2, -0.15) is 11.8 Å². The van der Waals surface area contributed by atoms with Crippen molar-refractivity contribution in [3.8, 4) is 0 Å². The molecule has 1 aromatic rings. The van der Waals surface area contributed by atoms with Crippen molar-refractivity contribution in [1.82, 2.24) is 5.43 Å². The van der Waals surface area contributed by atoms with Gasteiger partial charge in [0, 0.05) is 12.6 Å². The van der Waals surface area contributed by atoms with Crippen LogP contribution in [0, 0.1) is 12.8 Å².